The molecule has 104 valence electrons. The maximum Gasteiger partial charge on any atom is 0.154 e. The van der Waals surface area contributed by atoms with Gasteiger partial charge in [-0.1, -0.05) is 28.1 Å². The van der Waals surface area contributed by atoms with E-state index < -0.39 is 0 Å². The lowest BCUT2D eigenvalue weighted by Gasteiger charge is -2.20. The standard InChI is InChI=1S/C15H17BrN4/c16-13-4-1-3-10-11(13)9-12-14(10)18-19-15(12)20-7-2-5-17-6-8-20/h1,3-4,17H,2,5-9H2,(H,18,19). The van der Waals surface area contributed by atoms with Crippen molar-refractivity contribution in [3.8, 4) is 11.3 Å². The number of H-pyrrole nitrogens is 1. The molecule has 0 spiro atoms. The Labute approximate surface area is 126 Å². The van der Waals surface area contributed by atoms with Gasteiger partial charge in [0.2, 0.25) is 0 Å². The predicted octanol–water partition coefficient (Wildman–Crippen LogP) is 2.54. The van der Waals surface area contributed by atoms with Crippen molar-refractivity contribution in [3.05, 3.63) is 33.8 Å². The van der Waals surface area contributed by atoms with Gasteiger partial charge in [0.1, 0.15) is 0 Å². The van der Waals surface area contributed by atoms with E-state index in [-0.39, 0.29) is 0 Å². The van der Waals surface area contributed by atoms with Crippen LogP contribution in [-0.4, -0.2) is 36.4 Å². The highest BCUT2D eigenvalue weighted by atomic mass is 79.9. The maximum absolute atomic E-state index is 4.59. The van der Waals surface area contributed by atoms with Gasteiger partial charge in [0.25, 0.3) is 0 Å². The molecule has 0 saturated carbocycles. The van der Waals surface area contributed by atoms with Gasteiger partial charge in [-0.25, -0.2) is 0 Å². The summed E-state index contributed by atoms with van der Waals surface area (Å²) in [6, 6.07) is 6.39. The van der Waals surface area contributed by atoms with Crippen molar-refractivity contribution < 1.29 is 0 Å². The van der Waals surface area contributed by atoms with Crippen LogP contribution in [0.2, 0.25) is 0 Å². The Morgan fingerprint density at radius 2 is 2.10 bits per heavy atom. The molecule has 20 heavy (non-hydrogen) atoms. The van der Waals surface area contributed by atoms with Crippen molar-refractivity contribution in [1.29, 1.82) is 0 Å². The van der Waals surface area contributed by atoms with Crippen molar-refractivity contribution in [2.24, 2.45) is 0 Å². The van der Waals surface area contributed by atoms with Gasteiger partial charge in [-0.15, -0.1) is 0 Å². The first-order valence-electron chi connectivity index (χ1n) is 7.15. The zero-order valence-electron chi connectivity index (χ0n) is 11.2. The van der Waals surface area contributed by atoms with E-state index in [1.807, 2.05) is 0 Å². The van der Waals surface area contributed by atoms with E-state index in [9.17, 15) is 0 Å². The maximum atomic E-state index is 4.59. The number of fused-ring (bicyclic) bond motifs is 3. The van der Waals surface area contributed by atoms with Crippen molar-refractivity contribution in [3.63, 3.8) is 0 Å². The summed E-state index contributed by atoms with van der Waals surface area (Å²) in [6.45, 7) is 4.27. The minimum absolute atomic E-state index is 0.974. The monoisotopic (exact) mass is 332 g/mol. The molecule has 0 radical (unpaired) electrons. The molecule has 2 N–H and O–H groups in total. The lowest BCUT2D eigenvalue weighted by Crippen LogP contribution is -2.28. The first-order chi connectivity index (χ1) is 9.84. The number of benzene rings is 1. The topological polar surface area (TPSA) is 44.0 Å². The number of nitrogens with one attached hydrogen (secondary N) is 2. The van der Waals surface area contributed by atoms with Gasteiger partial charge in [0.05, 0.1) is 5.69 Å². The second-order valence-corrected chi connectivity index (χ2v) is 6.29. The molecule has 2 aromatic rings. The molecule has 2 heterocycles. The third kappa shape index (κ3) is 1.88. The lowest BCUT2D eigenvalue weighted by molar-refractivity contribution is 0.724. The summed E-state index contributed by atoms with van der Waals surface area (Å²) in [6.07, 6.45) is 2.15. The Bertz CT molecular complexity index is 641. The summed E-state index contributed by atoms with van der Waals surface area (Å²) < 4.78 is 1.20. The van der Waals surface area contributed by atoms with E-state index >= 15 is 0 Å². The van der Waals surface area contributed by atoms with Crippen LogP contribution >= 0.6 is 15.9 Å². The Balaban J connectivity index is 1.73. The number of hydrogen-bond donors (Lipinski definition) is 2. The highest BCUT2D eigenvalue weighted by Crippen LogP contribution is 2.42. The number of rotatable bonds is 1. The van der Waals surface area contributed by atoms with Crippen molar-refractivity contribution in [2.75, 3.05) is 31.1 Å². The van der Waals surface area contributed by atoms with Crippen LogP contribution in [0.4, 0.5) is 5.82 Å². The molecule has 1 aliphatic heterocycles. The quantitative estimate of drug-likeness (QED) is 0.719. The number of anilines is 1. The summed E-state index contributed by atoms with van der Waals surface area (Å²) >= 11 is 3.67. The van der Waals surface area contributed by atoms with E-state index in [4.69, 9.17) is 0 Å². The van der Waals surface area contributed by atoms with Crippen LogP contribution in [0, 0.1) is 0 Å². The molecule has 0 amide bonds. The SMILES string of the molecule is Brc1cccc2c1Cc1c(N3CCCNCC3)n[nH]c1-2. The fourth-order valence-corrected chi connectivity index (χ4v) is 3.72. The zero-order chi connectivity index (χ0) is 13.5. The third-order valence-electron chi connectivity index (χ3n) is 4.23. The molecule has 1 saturated heterocycles. The summed E-state index contributed by atoms with van der Waals surface area (Å²) in [7, 11) is 0. The fourth-order valence-electron chi connectivity index (χ4n) is 3.21. The highest BCUT2D eigenvalue weighted by molar-refractivity contribution is 9.10. The van der Waals surface area contributed by atoms with Crippen LogP contribution in [0.3, 0.4) is 0 Å². The summed E-state index contributed by atoms with van der Waals surface area (Å²) in [5.41, 5.74) is 5.23. The first kappa shape index (κ1) is 12.4. The molecule has 0 unspecified atom stereocenters. The molecular weight excluding hydrogens is 316 g/mol. The highest BCUT2D eigenvalue weighted by Gasteiger charge is 2.28. The number of aromatic nitrogens is 2. The van der Waals surface area contributed by atoms with E-state index in [2.05, 4.69) is 54.5 Å². The van der Waals surface area contributed by atoms with Gasteiger partial charge in [-0.2, -0.15) is 5.10 Å². The van der Waals surface area contributed by atoms with E-state index in [1.54, 1.807) is 0 Å². The van der Waals surface area contributed by atoms with Gasteiger partial charge >= 0.3 is 0 Å². The third-order valence-corrected chi connectivity index (χ3v) is 4.97. The van der Waals surface area contributed by atoms with Crippen LogP contribution < -0.4 is 10.2 Å². The smallest absolute Gasteiger partial charge is 0.154 e. The lowest BCUT2D eigenvalue weighted by atomic mass is 10.1. The van der Waals surface area contributed by atoms with E-state index in [0.717, 1.165) is 38.4 Å². The number of nitrogens with zero attached hydrogens (tertiary/aromatic N) is 2. The van der Waals surface area contributed by atoms with Crippen molar-refractivity contribution in [1.82, 2.24) is 15.5 Å². The first-order valence-corrected chi connectivity index (χ1v) is 7.94. The number of aromatic amines is 1. The summed E-state index contributed by atoms with van der Waals surface area (Å²) in [5, 5.41) is 11.3. The number of hydrogen-bond acceptors (Lipinski definition) is 3. The van der Waals surface area contributed by atoms with Crippen molar-refractivity contribution >= 4 is 21.7 Å². The largest absolute Gasteiger partial charge is 0.354 e. The van der Waals surface area contributed by atoms with Crippen LogP contribution in [0.15, 0.2) is 22.7 Å². The van der Waals surface area contributed by atoms with Crippen molar-refractivity contribution in [2.45, 2.75) is 12.8 Å². The Morgan fingerprint density at radius 3 is 3.05 bits per heavy atom. The molecule has 4 rings (SSSR count). The predicted molar refractivity (Wildman–Crippen MR) is 84.2 cm³/mol. The Kier molecular flexibility index (Phi) is 3.04. The second-order valence-electron chi connectivity index (χ2n) is 5.43. The van der Waals surface area contributed by atoms with E-state index in [1.165, 1.54) is 33.3 Å². The zero-order valence-corrected chi connectivity index (χ0v) is 12.8. The van der Waals surface area contributed by atoms with Gasteiger partial charge in [-0.05, 0) is 24.6 Å². The minimum atomic E-state index is 0.974. The molecule has 0 bridgehead atoms. The second kappa shape index (κ2) is 4.90. The minimum Gasteiger partial charge on any atom is -0.354 e. The molecule has 2 aliphatic rings. The van der Waals surface area contributed by atoms with E-state index in [0.29, 0.717) is 0 Å². The molecule has 1 aliphatic carbocycles. The molecule has 5 heteroatoms. The molecule has 4 nitrogen and oxygen atoms in total. The molecule has 0 atom stereocenters. The van der Waals surface area contributed by atoms with Crippen LogP contribution in [0.5, 0.6) is 0 Å². The normalized spacial score (nSPS) is 17.8. The fraction of sp³-hybridized carbons (Fsp3) is 0.400. The van der Waals surface area contributed by atoms with Crippen LogP contribution in [0.25, 0.3) is 11.3 Å². The number of halogens is 1. The molecule has 1 aromatic carbocycles. The molecule has 1 fully saturated rings. The van der Waals surface area contributed by atoms with Gasteiger partial charge in [-0.3, -0.25) is 5.10 Å². The van der Waals surface area contributed by atoms with Gasteiger partial charge < -0.3 is 10.2 Å². The average molecular weight is 333 g/mol. The van der Waals surface area contributed by atoms with Gasteiger partial charge in [0, 0.05) is 41.7 Å². The van der Waals surface area contributed by atoms with Crippen LogP contribution in [0.1, 0.15) is 17.5 Å². The van der Waals surface area contributed by atoms with Gasteiger partial charge in [0.15, 0.2) is 5.82 Å². The van der Waals surface area contributed by atoms with Crippen LogP contribution in [-0.2, 0) is 6.42 Å². The average Bonchev–Trinajstić information content (AvgIpc) is 2.90. The Hall–Kier alpha value is -1.33. The molecular formula is C15H17BrN4. The summed E-state index contributed by atoms with van der Waals surface area (Å²) in [5.74, 6) is 1.15. The Morgan fingerprint density at radius 1 is 1.15 bits per heavy atom. The summed E-state index contributed by atoms with van der Waals surface area (Å²) in [4.78, 5) is 2.41. The molecule has 1 aromatic heterocycles.